The molecule has 0 saturated carbocycles. The van der Waals surface area contributed by atoms with Crippen LogP contribution in [0.4, 0.5) is 5.82 Å². The lowest BCUT2D eigenvalue weighted by molar-refractivity contribution is 0.242. The van der Waals surface area contributed by atoms with Crippen LogP contribution in [0.1, 0.15) is 26.7 Å². The number of nitrogens with one attached hydrogen (secondary N) is 1. The van der Waals surface area contributed by atoms with Gasteiger partial charge < -0.3 is 10.1 Å². The molecular weight excluding hydrogens is 264 g/mol. The van der Waals surface area contributed by atoms with Crippen LogP contribution in [-0.2, 0) is 9.84 Å². The predicted octanol–water partition coefficient (Wildman–Crippen LogP) is 1.86. The van der Waals surface area contributed by atoms with Crippen molar-refractivity contribution in [2.45, 2.75) is 38.8 Å². The summed E-state index contributed by atoms with van der Waals surface area (Å²) < 4.78 is 28.9. The van der Waals surface area contributed by atoms with Crippen LogP contribution in [0.2, 0.25) is 0 Å². The van der Waals surface area contributed by atoms with Crippen molar-refractivity contribution in [1.29, 1.82) is 0 Å². The Morgan fingerprint density at radius 1 is 1.47 bits per heavy atom. The van der Waals surface area contributed by atoms with Crippen LogP contribution in [-0.4, -0.2) is 37.1 Å². The minimum Gasteiger partial charge on any atom is -0.487 e. The lowest BCUT2D eigenvalue weighted by Crippen LogP contribution is -2.35. The molecule has 0 aromatic carbocycles. The molecule has 19 heavy (non-hydrogen) atoms. The number of nitrogens with zero attached hydrogens (tertiary/aromatic N) is 1. The zero-order valence-corrected chi connectivity index (χ0v) is 12.1. The van der Waals surface area contributed by atoms with Crippen LogP contribution in [0, 0.1) is 0 Å². The Morgan fingerprint density at radius 2 is 2.26 bits per heavy atom. The fourth-order valence-electron chi connectivity index (χ4n) is 2.18. The standard InChI is InChI=1S/C13H20N2O3S/c1-10(2)18-12-6-3-7-14-13(12)15-11-5-4-8-19(16,17)9-11/h3,6-7,10-11H,4-5,8-9H2,1-2H3,(H,14,15). The van der Waals surface area contributed by atoms with Gasteiger partial charge in [-0.2, -0.15) is 0 Å². The lowest BCUT2D eigenvalue weighted by Gasteiger charge is -2.24. The van der Waals surface area contributed by atoms with Crippen LogP contribution in [0.15, 0.2) is 18.3 Å². The highest BCUT2D eigenvalue weighted by molar-refractivity contribution is 7.91. The highest BCUT2D eigenvalue weighted by Crippen LogP contribution is 2.25. The molecule has 1 fully saturated rings. The van der Waals surface area contributed by atoms with Crippen LogP contribution in [0.5, 0.6) is 5.75 Å². The molecule has 1 saturated heterocycles. The third-order valence-corrected chi connectivity index (χ3v) is 4.76. The number of hydrogen-bond donors (Lipinski definition) is 1. The van der Waals surface area contributed by atoms with E-state index < -0.39 is 9.84 Å². The third kappa shape index (κ3) is 4.09. The van der Waals surface area contributed by atoms with Gasteiger partial charge in [0, 0.05) is 12.2 Å². The molecule has 2 heterocycles. The predicted molar refractivity (Wildman–Crippen MR) is 75.3 cm³/mol. The Balaban J connectivity index is 2.10. The van der Waals surface area contributed by atoms with Crippen molar-refractivity contribution in [2.75, 3.05) is 16.8 Å². The normalized spacial score (nSPS) is 22.2. The van der Waals surface area contributed by atoms with Gasteiger partial charge in [-0.05, 0) is 38.8 Å². The van der Waals surface area contributed by atoms with Gasteiger partial charge in [0.1, 0.15) is 0 Å². The summed E-state index contributed by atoms with van der Waals surface area (Å²) in [5.74, 6) is 1.76. The zero-order chi connectivity index (χ0) is 13.9. The van der Waals surface area contributed by atoms with E-state index in [0.29, 0.717) is 23.7 Å². The minimum absolute atomic E-state index is 0.0554. The molecular formula is C13H20N2O3S. The fraction of sp³-hybridized carbons (Fsp3) is 0.615. The van der Waals surface area contributed by atoms with Gasteiger partial charge >= 0.3 is 0 Å². The zero-order valence-electron chi connectivity index (χ0n) is 11.3. The molecule has 2 rings (SSSR count). The molecule has 0 radical (unpaired) electrons. The van der Waals surface area contributed by atoms with E-state index in [1.54, 1.807) is 12.3 Å². The van der Waals surface area contributed by atoms with Gasteiger partial charge in [0.15, 0.2) is 21.4 Å². The highest BCUT2D eigenvalue weighted by Gasteiger charge is 2.25. The molecule has 0 spiro atoms. The monoisotopic (exact) mass is 284 g/mol. The van der Waals surface area contributed by atoms with Crippen molar-refractivity contribution >= 4 is 15.7 Å². The van der Waals surface area contributed by atoms with Gasteiger partial charge in [-0.3, -0.25) is 0 Å². The summed E-state index contributed by atoms with van der Waals surface area (Å²) >= 11 is 0. The maximum atomic E-state index is 11.6. The van der Waals surface area contributed by atoms with Crippen molar-refractivity contribution in [3.63, 3.8) is 0 Å². The molecule has 106 valence electrons. The van der Waals surface area contributed by atoms with Crippen LogP contribution >= 0.6 is 0 Å². The summed E-state index contributed by atoms with van der Waals surface area (Å²) in [7, 11) is -2.92. The van der Waals surface area contributed by atoms with Crippen molar-refractivity contribution in [2.24, 2.45) is 0 Å². The van der Waals surface area contributed by atoms with Crippen molar-refractivity contribution in [3.8, 4) is 5.75 Å². The van der Waals surface area contributed by atoms with E-state index in [0.717, 1.165) is 6.42 Å². The Hall–Kier alpha value is -1.30. The average Bonchev–Trinajstić information content (AvgIpc) is 2.30. The minimum atomic E-state index is -2.92. The third-order valence-electron chi connectivity index (χ3n) is 2.94. The quantitative estimate of drug-likeness (QED) is 0.914. The van der Waals surface area contributed by atoms with E-state index in [9.17, 15) is 8.42 Å². The van der Waals surface area contributed by atoms with Gasteiger partial charge in [-0.1, -0.05) is 0 Å². The molecule has 1 aliphatic rings. The summed E-state index contributed by atoms with van der Waals surface area (Å²) in [6.45, 7) is 3.89. The summed E-state index contributed by atoms with van der Waals surface area (Å²) in [6, 6.07) is 3.57. The highest BCUT2D eigenvalue weighted by atomic mass is 32.2. The second kappa shape index (κ2) is 5.77. The van der Waals surface area contributed by atoms with Gasteiger partial charge in [0.2, 0.25) is 0 Å². The molecule has 0 aliphatic carbocycles. The lowest BCUT2D eigenvalue weighted by atomic mass is 10.2. The first kappa shape index (κ1) is 14.1. The fourth-order valence-corrected chi connectivity index (χ4v) is 3.81. The van der Waals surface area contributed by atoms with Gasteiger partial charge in [-0.15, -0.1) is 0 Å². The van der Waals surface area contributed by atoms with E-state index in [2.05, 4.69) is 10.3 Å². The van der Waals surface area contributed by atoms with Crippen molar-refractivity contribution in [3.05, 3.63) is 18.3 Å². The average molecular weight is 284 g/mol. The molecule has 1 aromatic rings. The smallest absolute Gasteiger partial charge is 0.169 e. The largest absolute Gasteiger partial charge is 0.487 e. The Bertz CT molecular complexity index is 528. The molecule has 1 atom stereocenters. The van der Waals surface area contributed by atoms with E-state index in [-0.39, 0.29) is 17.9 Å². The van der Waals surface area contributed by atoms with E-state index in [1.165, 1.54) is 0 Å². The molecule has 5 nitrogen and oxygen atoms in total. The second-order valence-corrected chi connectivity index (χ2v) is 7.34. The van der Waals surface area contributed by atoms with Crippen molar-refractivity contribution in [1.82, 2.24) is 4.98 Å². The SMILES string of the molecule is CC(C)Oc1cccnc1NC1CCCS(=O)(=O)C1. The molecule has 1 unspecified atom stereocenters. The Morgan fingerprint density at radius 3 is 2.95 bits per heavy atom. The first-order chi connectivity index (χ1) is 8.96. The molecule has 1 N–H and O–H groups in total. The summed E-state index contributed by atoms with van der Waals surface area (Å²) in [5, 5.41) is 3.20. The summed E-state index contributed by atoms with van der Waals surface area (Å²) in [4.78, 5) is 4.24. The second-order valence-electron chi connectivity index (χ2n) is 5.11. The van der Waals surface area contributed by atoms with Gasteiger partial charge in [-0.25, -0.2) is 13.4 Å². The van der Waals surface area contributed by atoms with Crippen LogP contribution in [0.3, 0.4) is 0 Å². The number of rotatable bonds is 4. The maximum Gasteiger partial charge on any atom is 0.169 e. The molecule has 6 heteroatoms. The number of pyridine rings is 1. The number of anilines is 1. The number of sulfone groups is 1. The van der Waals surface area contributed by atoms with Crippen LogP contribution < -0.4 is 10.1 Å². The Kier molecular flexibility index (Phi) is 4.29. The number of aromatic nitrogens is 1. The Labute approximate surface area is 114 Å². The maximum absolute atomic E-state index is 11.6. The molecule has 0 bridgehead atoms. The number of ether oxygens (including phenoxy) is 1. The summed E-state index contributed by atoms with van der Waals surface area (Å²) in [5.41, 5.74) is 0. The molecule has 0 amide bonds. The molecule has 1 aromatic heterocycles. The van der Waals surface area contributed by atoms with Gasteiger partial charge in [0.25, 0.3) is 0 Å². The first-order valence-corrected chi connectivity index (χ1v) is 8.37. The molecule has 1 aliphatic heterocycles. The summed E-state index contributed by atoms with van der Waals surface area (Å²) in [6.07, 6.45) is 3.27. The number of hydrogen-bond acceptors (Lipinski definition) is 5. The first-order valence-electron chi connectivity index (χ1n) is 6.55. The van der Waals surface area contributed by atoms with Crippen molar-refractivity contribution < 1.29 is 13.2 Å². The van der Waals surface area contributed by atoms with Gasteiger partial charge in [0.05, 0.1) is 17.6 Å². The van der Waals surface area contributed by atoms with E-state index in [1.807, 2.05) is 19.9 Å². The van der Waals surface area contributed by atoms with E-state index in [4.69, 9.17) is 4.74 Å². The van der Waals surface area contributed by atoms with E-state index >= 15 is 0 Å². The van der Waals surface area contributed by atoms with Crippen LogP contribution in [0.25, 0.3) is 0 Å². The topological polar surface area (TPSA) is 68.3 Å².